The standard InChI is InChI=1S/C13H13N5O/c1-8-11(15)12(18(2)17-8)16-13(19)10-5-3-4-9(6-10)7-14/h3-6H,15H2,1-2H3,(H,16,19). The molecule has 6 nitrogen and oxygen atoms in total. The Kier molecular flexibility index (Phi) is 3.21. The van der Waals surface area contributed by atoms with Crippen molar-refractivity contribution in [2.24, 2.45) is 7.05 Å². The number of carbonyl (C=O) groups excluding carboxylic acids is 1. The number of nitrogens with one attached hydrogen (secondary N) is 1. The maximum absolute atomic E-state index is 12.1. The Bertz CT molecular complexity index is 681. The minimum absolute atomic E-state index is 0.327. The van der Waals surface area contributed by atoms with Crippen LogP contribution in [0, 0.1) is 18.3 Å². The summed E-state index contributed by atoms with van der Waals surface area (Å²) in [7, 11) is 1.70. The molecule has 1 aromatic heterocycles. The number of nitrogen functional groups attached to an aromatic ring is 1. The van der Waals surface area contributed by atoms with Crippen LogP contribution in [0.1, 0.15) is 21.6 Å². The highest BCUT2D eigenvalue weighted by Gasteiger charge is 2.14. The van der Waals surface area contributed by atoms with Gasteiger partial charge in [-0.15, -0.1) is 0 Å². The number of nitrogens with zero attached hydrogens (tertiary/aromatic N) is 3. The van der Waals surface area contributed by atoms with E-state index in [0.29, 0.717) is 28.3 Å². The smallest absolute Gasteiger partial charge is 0.256 e. The largest absolute Gasteiger partial charge is 0.394 e. The van der Waals surface area contributed by atoms with Crippen LogP contribution >= 0.6 is 0 Å². The van der Waals surface area contributed by atoms with Crippen molar-refractivity contribution in [1.29, 1.82) is 5.26 Å². The third kappa shape index (κ3) is 2.40. The van der Waals surface area contributed by atoms with Gasteiger partial charge in [0.15, 0.2) is 5.82 Å². The Morgan fingerprint density at radius 1 is 1.53 bits per heavy atom. The molecule has 0 aliphatic heterocycles. The zero-order chi connectivity index (χ0) is 14.0. The molecule has 0 spiro atoms. The molecule has 0 unspecified atom stereocenters. The molecule has 0 atom stereocenters. The van der Waals surface area contributed by atoms with Crippen molar-refractivity contribution in [3.05, 3.63) is 41.1 Å². The van der Waals surface area contributed by atoms with Gasteiger partial charge in [0.25, 0.3) is 5.91 Å². The van der Waals surface area contributed by atoms with E-state index in [-0.39, 0.29) is 5.91 Å². The minimum atomic E-state index is -0.327. The van der Waals surface area contributed by atoms with Crippen LogP contribution in [0.2, 0.25) is 0 Å². The quantitative estimate of drug-likeness (QED) is 0.848. The summed E-state index contributed by atoms with van der Waals surface area (Å²) in [5.41, 5.74) is 7.76. The average molecular weight is 255 g/mol. The van der Waals surface area contributed by atoms with E-state index in [9.17, 15) is 4.79 Å². The zero-order valence-electron chi connectivity index (χ0n) is 10.6. The number of hydrogen-bond acceptors (Lipinski definition) is 4. The van der Waals surface area contributed by atoms with Gasteiger partial charge in [-0.25, -0.2) is 0 Å². The van der Waals surface area contributed by atoms with Crippen molar-refractivity contribution in [2.45, 2.75) is 6.92 Å². The normalized spacial score (nSPS) is 9.95. The third-order valence-corrected chi connectivity index (χ3v) is 2.75. The van der Waals surface area contributed by atoms with Crippen molar-refractivity contribution in [3.8, 4) is 6.07 Å². The van der Waals surface area contributed by atoms with E-state index in [1.54, 1.807) is 32.2 Å². The van der Waals surface area contributed by atoms with E-state index in [1.165, 1.54) is 10.7 Å². The summed E-state index contributed by atoms with van der Waals surface area (Å²) in [6, 6.07) is 8.44. The van der Waals surface area contributed by atoms with Gasteiger partial charge < -0.3 is 11.1 Å². The molecule has 1 aromatic carbocycles. The van der Waals surface area contributed by atoms with Crippen LogP contribution in [0.25, 0.3) is 0 Å². The van der Waals surface area contributed by atoms with E-state index in [4.69, 9.17) is 11.0 Å². The number of nitrogens with two attached hydrogens (primary N) is 1. The molecular weight excluding hydrogens is 242 g/mol. The fourth-order valence-corrected chi connectivity index (χ4v) is 1.73. The molecule has 1 amide bonds. The first-order valence-corrected chi connectivity index (χ1v) is 5.63. The second kappa shape index (κ2) is 4.82. The van der Waals surface area contributed by atoms with Crippen LogP contribution in [0.15, 0.2) is 24.3 Å². The molecule has 6 heteroatoms. The summed E-state index contributed by atoms with van der Waals surface area (Å²) in [6.45, 7) is 1.77. The molecule has 19 heavy (non-hydrogen) atoms. The number of aromatic nitrogens is 2. The fourth-order valence-electron chi connectivity index (χ4n) is 1.73. The van der Waals surface area contributed by atoms with Crippen LogP contribution in [-0.4, -0.2) is 15.7 Å². The van der Waals surface area contributed by atoms with Crippen molar-refractivity contribution in [1.82, 2.24) is 9.78 Å². The van der Waals surface area contributed by atoms with E-state index in [2.05, 4.69) is 10.4 Å². The highest BCUT2D eigenvalue weighted by Crippen LogP contribution is 2.21. The summed E-state index contributed by atoms with van der Waals surface area (Å²) in [6.07, 6.45) is 0. The molecule has 0 fully saturated rings. The van der Waals surface area contributed by atoms with Crippen molar-refractivity contribution in [3.63, 3.8) is 0 Å². The molecule has 0 aliphatic carbocycles. The minimum Gasteiger partial charge on any atom is -0.394 e. The molecule has 2 rings (SSSR count). The number of nitriles is 1. The number of carbonyl (C=O) groups is 1. The van der Waals surface area contributed by atoms with Gasteiger partial charge in [-0.2, -0.15) is 10.4 Å². The zero-order valence-corrected chi connectivity index (χ0v) is 10.6. The highest BCUT2D eigenvalue weighted by atomic mass is 16.1. The van der Waals surface area contributed by atoms with Crippen LogP contribution < -0.4 is 11.1 Å². The van der Waals surface area contributed by atoms with Crippen LogP contribution in [0.3, 0.4) is 0 Å². The second-order valence-corrected chi connectivity index (χ2v) is 4.12. The monoisotopic (exact) mass is 255 g/mol. The van der Waals surface area contributed by atoms with E-state index >= 15 is 0 Å². The maximum atomic E-state index is 12.1. The molecule has 1 heterocycles. The Hall–Kier alpha value is -2.81. The summed E-state index contributed by atoms with van der Waals surface area (Å²) in [5, 5.41) is 15.6. The molecule has 0 radical (unpaired) electrons. The van der Waals surface area contributed by atoms with Crippen LogP contribution in [0.4, 0.5) is 11.5 Å². The van der Waals surface area contributed by atoms with Gasteiger partial charge in [0, 0.05) is 12.6 Å². The van der Waals surface area contributed by atoms with Crippen molar-refractivity contribution >= 4 is 17.4 Å². The molecule has 0 aliphatic rings. The molecule has 0 bridgehead atoms. The lowest BCUT2D eigenvalue weighted by molar-refractivity contribution is 0.102. The summed E-state index contributed by atoms with van der Waals surface area (Å²) in [5.74, 6) is 0.122. The first-order chi connectivity index (χ1) is 9.02. The van der Waals surface area contributed by atoms with Gasteiger partial charge in [0.05, 0.1) is 23.0 Å². The van der Waals surface area contributed by atoms with E-state index < -0.39 is 0 Å². The second-order valence-electron chi connectivity index (χ2n) is 4.12. The first kappa shape index (κ1) is 12.6. The SMILES string of the molecule is Cc1nn(C)c(NC(=O)c2cccc(C#N)c2)c1N. The molecule has 0 saturated heterocycles. The van der Waals surface area contributed by atoms with E-state index in [1.807, 2.05) is 6.07 Å². The predicted octanol–water partition coefficient (Wildman–Crippen LogP) is 1.43. The molecule has 2 aromatic rings. The Balaban J connectivity index is 2.28. The highest BCUT2D eigenvalue weighted by molar-refractivity contribution is 6.05. The van der Waals surface area contributed by atoms with Crippen LogP contribution in [0.5, 0.6) is 0 Å². The molecular formula is C13H13N5O. The Labute approximate surface area is 110 Å². The Morgan fingerprint density at radius 2 is 2.26 bits per heavy atom. The number of amides is 1. The van der Waals surface area contributed by atoms with Crippen LogP contribution in [-0.2, 0) is 7.05 Å². The van der Waals surface area contributed by atoms with Crippen molar-refractivity contribution in [2.75, 3.05) is 11.1 Å². The summed E-state index contributed by atoms with van der Waals surface area (Å²) < 4.78 is 1.51. The molecule has 3 N–H and O–H groups in total. The summed E-state index contributed by atoms with van der Waals surface area (Å²) >= 11 is 0. The number of hydrogen-bond donors (Lipinski definition) is 2. The van der Waals surface area contributed by atoms with Gasteiger partial charge in [0.2, 0.25) is 0 Å². The number of benzene rings is 1. The molecule has 96 valence electrons. The van der Waals surface area contributed by atoms with E-state index in [0.717, 1.165) is 0 Å². The fraction of sp³-hybridized carbons (Fsp3) is 0.154. The van der Waals surface area contributed by atoms with Gasteiger partial charge in [-0.1, -0.05) is 6.07 Å². The first-order valence-electron chi connectivity index (χ1n) is 5.63. The lowest BCUT2D eigenvalue weighted by Crippen LogP contribution is -2.15. The number of rotatable bonds is 2. The lowest BCUT2D eigenvalue weighted by Gasteiger charge is -2.06. The Morgan fingerprint density at radius 3 is 2.84 bits per heavy atom. The number of aryl methyl sites for hydroxylation is 2. The average Bonchev–Trinajstić information content (AvgIpc) is 2.65. The van der Waals surface area contributed by atoms with Crippen molar-refractivity contribution < 1.29 is 4.79 Å². The maximum Gasteiger partial charge on any atom is 0.256 e. The number of anilines is 2. The summed E-state index contributed by atoms with van der Waals surface area (Å²) in [4.78, 5) is 12.1. The van der Waals surface area contributed by atoms with Gasteiger partial charge >= 0.3 is 0 Å². The van der Waals surface area contributed by atoms with Gasteiger partial charge in [0.1, 0.15) is 0 Å². The van der Waals surface area contributed by atoms with Gasteiger partial charge in [-0.05, 0) is 25.1 Å². The topological polar surface area (TPSA) is 96.7 Å². The molecule has 0 saturated carbocycles. The lowest BCUT2D eigenvalue weighted by atomic mass is 10.1. The predicted molar refractivity (Wildman–Crippen MR) is 71.5 cm³/mol. The third-order valence-electron chi connectivity index (χ3n) is 2.75. The van der Waals surface area contributed by atoms with Gasteiger partial charge in [-0.3, -0.25) is 9.48 Å².